The summed E-state index contributed by atoms with van der Waals surface area (Å²) in [6.45, 7) is -0.171. The number of amides is 1. The molecule has 31 heavy (non-hydrogen) atoms. The number of anilines is 1. The molecule has 9 nitrogen and oxygen atoms in total. The van der Waals surface area contributed by atoms with E-state index in [4.69, 9.17) is 4.42 Å². The van der Waals surface area contributed by atoms with Crippen LogP contribution in [0, 0.1) is 0 Å². The molecular formula is C21H15BrN6O3. The fraction of sp³-hybridized carbons (Fsp3) is 0.0952. The number of hydrogen-bond donors (Lipinski definition) is 1. The first kappa shape index (κ1) is 19.2. The number of aromatic nitrogens is 5. The number of carbonyl (C=O) groups is 1. The Labute approximate surface area is 183 Å². The number of nitrogens with one attached hydrogen (secondary N) is 1. The minimum atomic E-state index is -0.349. The molecule has 0 radical (unpaired) electrons. The number of aryl methyl sites for hydroxylation is 1. The normalized spacial score (nSPS) is 11.3. The number of carbonyl (C=O) groups excluding carboxylic acids is 1. The molecule has 0 fully saturated rings. The van der Waals surface area contributed by atoms with Gasteiger partial charge in [-0.1, -0.05) is 12.1 Å². The van der Waals surface area contributed by atoms with E-state index >= 15 is 0 Å². The number of fused-ring (bicyclic) bond motifs is 2. The predicted molar refractivity (Wildman–Crippen MR) is 119 cm³/mol. The van der Waals surface area contributed by atoms with Crippen LogP contribution in [0.5, 0.6) is 0 Å². The van der Waals surface area contributed by atoms with Gasteiger partial charge in [-0.05, 0) is 52.3 Å². The summed E-state index contributed by atoms with van der Waals surface area (Å²) in [5.74, 6) is 0.157. The summed E-state index contributed by atoms with van der Waals surface area (Å²) >= 11 is 3.26. The average molecular weight is 479 g/mol. The molecule has 0 bridgehead atoms. The molecule has 0 unspecified atom stereocenters. The summed E-state index contributed by atoms with van der Waals surface area (Å²) in [4.78, 5) is 33.8. The third-order valence-corrected chi connectivity index (χ3v) is 5.35. The molecule has 5 aromatic rings. The lowest BCUT2D eigenvalue weighted by Gasteiger charge is -2.08. The van der Waals surface area contributed by atoms with Crippen LogP contribution in [0.4, 0.5) is 5.69 Å². The molecule has 5 rings (SSSR count). The zero-order valence-electron chi connectivity index (χ0n) is 16.2. The van der Waals surface area contributed by atoms with Crippen molar-refractivity contribution in [3.05, 3.63) is 69.8 Å². The van der Waals surface area contributed by atoms with Crippen molar-refractivity contribution in [2.24, 2.45) is 7.05 Å². The van der Waals surface area contributed by atoms with E-state index in [2.05, 4.69) is 36.3 Å². The van der Waals surface area contributed by atoms with Gasteiger partial charge in [-0.3, -0.25) is 14.2 Å². The zero-order valence-corrected chi connectivity index (χ0v) is 17.8. The zero-order chi connectivity index (χ0) is 21.5. The Bertz CT molecular complexity index is 1470. The maximum Gasteiger partial charge on any atom is 0.266 e. The molecule has 154 valence electrons. The van der Waals surface area contributed by atoms with Crippen LogP contribution in [0.25, 0.3) is 33.6 Å². The Kier molecular flexibility index (Phi) is 4.63. The molecule has 0 aliphatic carbocycles. The average Bonchev–Trinajstić information content (AvgIpc) is 3.31. The van der Waals surface area contributed by atoms with Crippen LogP contribution < -0.4 is 10.9 Å². The van der Waals surface area contributed by atoms with Gasteiger partial charge in [0.15, 0.2) is 11.2 Å². The van der Waals surface area contributed by atoms with Crippen LogP contribution in [0.2, 0.25) is 0 Å². The van der Waals surface area contributed by atoms with E-state index in [-0.39, 0.29) is 18.0 Å². The quantitative estimate of drug-likeness (QED) is 0.424. The van der Waals surface area contributed by atoms with Crippen molar-refractivity contribution in [3.8, 4) is 11.5 Å². The van der Waals surface area contributed by atoms with E-state index in [1.165, 1.54) is 15.6 Å². The van der Waals surface area contributed by atoms with Gasteiger partial charge in [0, 0.05) is 18.3 Å². The third kappa shape index (κ3) is 3.50. The van der Waals surface area contributed by atoms with Crippen LogP contribution in [0.3, 0.4) is 0 Å². The highest BCUT2D eigenvalue weighted by Crippen LogP contribution is 2.25. The van der Waals surface area contributed by atoms with Gasteiger partial charge in [0.05, 0.1) is 0 Å². The fourth-order valence-electron chi connectivity index (χ4n) is 3.30. The maximum absolute atomic E-state index is 12.7. The van der Waals surface area contributed by atoms with Gasteiger partial charge >= 0.3 is 0 Å². The first-order valence-corrected chi connectivity index (χ1v) is 10.1. The van der Waals surface area contributed by atoms with E-state index in [9.17, 15) is 9.59 Å². The first-order valence-electron chi connectivity index (χ1n) is 9.33. The molecule has 0 spiro atoms. The monoisotopic (exact) mass is 478 g/mol. The molecule has 3 heterocycles. The standard InChI is InChI=1S/C21H15BrN6O3/c1-27-19-17(18(22)26-27)21(30)28(11-23-19)10-16(29)24-13-8-6-12(7-9-13)20-25-14-4-2-3-5-15(14)31-20/h2-9,11H,10H2,1H3,(H,24,29). The highest BCUT2D eigenvalue weighted by atomic mass is 79.9. The van der Waals surface area contributed by atoms with Crippen molar-refractivity contribution in [2.75, 3.05) is 5.32 Å². The van der Waals surface area contributed by atoms with E-state index in [0.717, 1.165) is 11.1 Å². The first-order chi connectivity index (χ1) is 15.0. The second-order valence-corrected chi connectivity index (χ2v) is 7.65. The van der Waals surface area contributed by atoms with Crippen molar-refractivity contribution < 1.29 is 9.21 Å². The number of para-hydroxylation sites is 2. The summed E-state index contributed by atoms with van der Waals surface area (Å²) in [5, 5.41) is 7.24. The highest BCUT2D eigenvalue weighted by molar-refractivity contribution is 9.10. The summed E-state index contributed by atoms with van der Waals surface area (Å²) in [6, 6.07) is 14.7. The molecular weight excluding hydrogens is 464 g/mol. The number of nitrogens with zero attached hydrogens (tertiary/aromatic N) is 5. The number of halogens is 1. The van der Waals surface area contributed by atoms with Gasteiger partial charge in [-0.15, -0.1) is 0 Å². The number of oxazole rings is 1. The Hall–Kier alpha value is -3.79. The highest BCUT2D eigenvalue weighted by Gasteiger charge is 2.15. The Morgan fingerprint density at radius 2 is 1.94 bits per heavy atom. The lowest BCUT2D eigenvalue weighted by molar-refractivity contribution is -0.116. The number of rotatable bonds is 4. The Morgan fingerprint density at radius 3 is 2.71 bits per heavy atom. The molecule has 0 saturated heterocycles. The molecule has 1 amide bonds. The summed E-state index contributed by atoms with van der Waals surface area (Å²) in [7, 11) is 1.70. The number of benzene rings is 2. The molecule has 10 heteroatoms. The second kappa shape index (κ2) is 7.47. The minimum Gasteiger partial charge on any atom is -0.436 e. The fourth-order valence-corrected chi connectivity index (χ4v) is 3.88. The molecule has 2 aromatic carbocycles. The predicted octanol–water partition coefficient (Wildman–Crippen LogP) is 3.34. The summed E-state index contributed by atoms with van der Waals surface area (Å²) < 4.78 is 8.91. The molecule has 0 aliphatic rings. The maximum atomic E-state index is 12.7. The second-order valence-electron chi connectivity index (χ2n) is 6.90. The van der Waals surface area contributed by atoms with Gasteiger partial charge in [-0.25, -0.2) is 14.6 Å². The van der Waals surface area contributed by atoms with Gasteiger partial charge in [0.1, 0.15) is 28.4 Å². The van der Waals surface area contributed by atoms with Crippen LogP contribution in [0.1, 0.15) is 0 Å². The van der Waals surface area contributed by atoms with Crippen molar-refractivity contribution in [1.82, 2.24) is 24.3 Å². The molecule has 0 aliphatic heterocycles. The van der Waals surface area contributed by atoms with Crippen molar-refractivity contribution in [3.63, 3.8) is 0 Å². The van der Waals surface area contributed by atoms with Crippen molar-refractivity contribution in [1.29, 1.82) is 0 Å². The molecule has 1 N–H and O–H groups in total. The summed E-state index contributed by atoms with van der Waals surface area (Å²) in [6.07, 6.45) is 1.34. The third-order valence-electron chi connectivity index (χ3n) is 4.79. The van der Waals surface area contributed by atoms with E-state index in [1.807, 2.05) is 36.4 Å². The van der Waals surface area contributed by atoms with Gasteiger partial charge < -0.3 is 9.73 Å². The SMILES string of the molecule is Cn1nc(Br)c2c(=O)n(CC(=O)Nc3ccc(-c4nc5ccccc5o4)cc3)cnc21. The van der Waals surface area contributed by atoms with Crippen LogP contribution in [-0.4, -0.2) is 30.2 Å². The van der Waals surface area contributed by atoms with Gasteiger partial charge in [-0.2, -0.15) is 5.10 Å². The lowest BCUT2D eigenvalue weighted by atomic mass is 10.2. The van der Waals surface area contributed by atoms with E-state index < -0.39 is 0 Å². The lowest BCUT2D eigenvalue weighted by Crippen LogP contribution is -2.28. The van der Waals surface area contributed by atoms with Crippen LogP contribution in [0.15, 0.2) is 68.7 Å². The minimum absolute atomic E-state index is 0.171. The van der Waals surface area contributed by atoms with E-state index in [0.29, 0.717) is 32.8 Å². The van der Waals surface area contributed by atoms with Gasteiger partial charge in [0.2, 0.25) is 11.8 Å². The Morgan fingerprint density at radius 1 is 1.16 bits per heavy atom. The smallest absolute Gasteiger partial charge is 0.266 e. The summed E-state index contributed by atoms with van der Waals surface area (Å²) in [5.41, 5.74) is 2.99. The molecule has 0 atom stereocenters. The van der Waals surface area contributed by atoms with Crippen molar-refractivity contribution >= 4 is 49.7 Å². The molecule has 0 saturated carbocycles. The van der Waals surface area contributed by atoms with Crippen LogP contribution >= 0.6 is 15.9 Å². The topological polar surface area (TPSA) is 108 Å². The Balaban J connectivity index is 1.33. The largest absolute Gasteiger partial charge is 0.436 e. The van der Waals surface area contributed by atoms with E-state index in [1.54, 1.807) is 19.2 Å². The number of hydrogen-bond acceptors (Lipinski definition) is 6. The molecule has 3 aromatic heterocycles. The van der Waals surface area contributed by atoms with Gasteiger partial charge in [0.25, 0.3) is 5.56 Å². The van der Waals surface area contributed by atoms with Crippen LogP contribution in [-0.2, 0) is 18.4 Å². The van der Waals surface area contributed by atoms with Crippen molar-refractivity contribution in [2.45, 2.75) is 6.54 Å².